The highest BCUT2D eigenvalue weighted by molar-refractivity contribution is 9.10. The maximum absolute atomic E-state index is 12.1. The van der Waals surface area contributed by atoms with E-state index in [0.717, 1.165) is 21.6 Å². The van der Waals surface area contributed by atoms with Crippen LogP contribution in [0, 0.1) is 0 Å². The van der Waals surface area contributed by atoms with E-state index in [4.69, 9.17) is 4.74 Å². The Labute approximate surface area is 132 Å². The number of methoxy groups -OCH3 is 1. The Morgan fingerprint density at radius 1 is 1.14 bits per heavy atom. The van der Waals surface area contributed by atoms with E-state index in [9.17, 15) is 4.79 Å². The molecule has 110 valence electrons. The Kier molecular flexibility index (Phi) is 5.22. The van der Waals surface area contributed by atoms with Crippen LogP contribution in [0.3, 0.4) is 0 Å². The van der Waals surface area contributed by atoms with E-state index in [1.54, 1.807) is 7.11 Å². The molecular formula is C16H17BrN2O2. The second kappa shape index (κ2) is 7.13. The van der Waals surface area contributed by atoms with Gasteiger partial charge in [-0.2, -0.15) is 0 Å². The monoisotopic (exact) mass is 348 g/mol. The van der Waals surface area contributed by atoms with Crippen molar-refractivity contribution in [3.05, 3.63) is 53.0 Å². The molecule has 0 aliphatic heterocycles. The van der Waals surface area contributed by atoms with Crippen LogP contribution in [-0.2, 0) is 4.79 Å². The molecule has 2 aromatic rings. The summed E-state index contributed by atoms with van der Waals surface area (Å²) in [6.45, 7) is 1.82. The Morgan fingerprint density at radius 2 is 1.86 bits per heavy atom. The van der Waals surface area contributed by atoms with Gasteiger partial charge in [0.2, 0.25) is 5.91 Å². The molecule has 2 rings (SSSR count). The minimum atomic E-state index is -0.350. The maximum atomic E-state index is 12.1. The summed E-state index contributed by atoms with van der Waals surface area (Å²) in [7, 11) is 1.62. The lowest BCUT2D eigenvalue weighted by Gasteiger charge is -2.15. The molecule has 1 amide bonds. The van der Waals surface area contributed by atoms with Crippen molar-refractivity contribution < 1.29 is 9.53 Å². The van der Waals surface area contributed by atoms with Crippen LogP contribution in [0.2, 0.25) is 0 Å². The molecule has 2 aromatic carbocycles. The number of anilines is 2. The normalized spacial score (nSPS) is 11.6. The zero-order chi connectivity index (χ0) is 15.2. The van der Waals surface area contributed by atoms with Gasteiger partial charge in [0.1, 0.15) is 11.8 Å². The van der Waals surface area contributed by atoms with Gasteiger partial charge in [0.05, 0.1) is 7.11 Å². The first-order valence-corrected chi connectivity index (χ1v) is 7.35. The molecule has 0 fully saturated rings. The van der Waals surface area contributed by atoms with Crippen LogP contribution in [0.4, 0.5) is 11.4 Å². The lowest BCUT2D eigenvalue weighted by molar-refractivity contribution is -0.116. The van der Waals surface area contributed by atoms with Gasteiger partial charge in [-0.1, -0.05) is 22.0 Å². The standard InChI is InChI=1S/C16H17BrN2O2/c1-11(18-13-6-8-15(21-2)9-7-13)16(20)19-14-5-3-4-12(17)10-14/h3-11,18H,1-2H3,(H,19,20). The predicted octanol–water partition coefficient (Wildman–Crippen LogP) is 3.90. The molecule has 4 nitrogen and oxygen atoms in total. The highest BCUT2D eigenvalue weighted by Gasteiger charge is 2.12. The van der Waals surface area contributed by atoms with E-state index in [-0.39, 0.29) is 11.9 Å². The van der Waals surface area contributed by atoms with Gasteiger partial charge in [-0.25, -0.2) is 0 Å². The Morgan fingerprint density at radius 3 is 2.48 bits per heavy atom. The van der Waals surface area contributed by atoms with E-state index >= 15 is 0 Å². The Bertz CT molecular complexity index is 614. The third-order valence-corrected chi connectivity index (χ3v) is 3.45. The summed E-state index contributed by atoms with van der Waals surface area (Å²) < 4.78 is 6.03. The SMILES string of the molecule is COc1ccc(NC(C)C(=O)Nc2cccc(Br)c2)cc1. The van der Waals surface area contributed by atoms with E-state index in [0.29, 0.717) is 0 Å². The van der Waals surface area contributed by atoms with Crippen molar-refractivity contribution in [3.63, 3.8) is 0 Å². The van der Waals surface area contributed by atoms with E-state index in [1.165, 1.54) is 0 Å². The van der Waals surface area contributed by atoms with Gasteiger partial charge in [0.15, 0.2) is 0 Å². The van der Waals surface area contributed by atoms with Gasteiger partial charge in [-0.3, -0.25) is 4.79 Å². The number of hydrogen-bond donors (Lipinski definition) is 2. The quantitative estimate of drug-likeness (QED) is 0.861. The van der Waals surface area contributed by atoms with Gasteiger partial charge in [0, 0.05) is 15.8 Å². The van der Waals surface area contributed by atoms with Crippen LogP contribution in [-0.4, -0.2) is 19.1 Å². The summed E-state index contributed by atoms with van der Waals surface area (Å²) in [6.07, 6.45) is 0. The zero-order valence-corrected chi connectivity index (χ0v) is 13.5. The third kappa shape index (κ3) is 4.49. The molecule has 0 heterocycles. The number of carbonyl (C=O) groups excluding carboxylic acids is 1. The van der Waals surface area contributed by atoms with Crippen molar-refractivity contribution in [3.8, 4) is 5.75 Å². The smallest absolute Gasteiger partial charge is 0.246 e. The van der Waals surface area contributed by atoms with Crippen molar-refractivity contribution in [1.82, 2.24) is 0 Å². The summed E-state index contributed by atoms with van der Waals surface area (Å²) in [4.78, 5) is 12.1. The van der Waals surface area contributed by atoms with Crippen molar-refractivity contribution in [2.75, 3.05) is 17.7 Å². The third-order valence-electron chi connectivity index (χ3n) is 2.96. The molecule has 0 aliphatic carbocycles. The van der Waals surface area contributed by atoms with Crippen LogP contribution < -0.4 is 15.4 Å². The first kappa shape index (κ1) is 15.4. The van der Waals surface area contributed by atoms with Crippen LogP contribution in [0.5, 0.6) is 5.75 Å². The Hall–Kier alpha value is -2.01. The molecule has 0 spiro atoms. The van der Waals surface area contributed by atoms with Gasteiger partial charge < -0.3 is 15.4 Å². The fraction of sp³-hybridized carbons (Fsp3) is 0.188. The van der Waals surface area contributed by atoms with Gasteiger partial charge >= 0.3 is 0 Å². The fourth-order valence-corrected chi connectivity index (χ4v) is 2.22. The number of nitrogens with one attached hydrogen (secondary N) is 2. The molecule has 5 heteroatoms. The summed E-state index contributed by atoms with van der Waals surface area (Å²) in [5, 5.41) is 6.02. The number of carbonyl (C=O) groups is 1. The van der Waals surface area contributed by atoms with Crippen molar-refractivity contribution in [2.24, 2.45) is 0 Å². The van der Waals surface area contributed by atoms with Crippen molar-refractivity contribution >= 4 is 33.2 Å². The van der Waals surface area contributed by atoms with Crippen LogP contribution in [0.1, 0.15) is 6.92 Å². The number of halogens is 1. The molecule has 0 radical (unpaired) electrons. The first-order valence-electron chi connectivity index (χ1n) is 6.55. The number of hydrogen-bond acceptors (Lipinski definition) is 3. The molecule has 1 unspecified atom stereocenters. The van der Waals surface area contributed by atoms with E-state index < -0.39 is 0 Å². The minimum Gasteiger partial charge on any atom is -0.497 e. The van der Waals surface area contributed by atoms with Crippen LogP contribution >= 0.6 is 15.9 Å². The molecule has 0 saturated carbocycles. The van der Waals surface area contributed by atoms with E-state index in [2.05, 4.69) is 26.6 Å². The van der Waals surface area contributed by atoms with Gasteiger partial charge in [-0.05, 0) is 49.4 Å². The minimum absolute atomic E-state index is 0.0936. The largest absolute Gasteiger partial charge is 0.497 e. The number of amides is 1. The molecule has 1 atom stereocenters. The molecule has 0 saturated heterocycles. The Balaban J connectivity index is 1.95. The average molecular weight is 349 g/mol. The molecular weight excluding hydrogens is 332 g/mol. The summed E-state index contributed by atoms with van der Waals surface area (Å²) in [6, 6.07) is 14.6. The second-order valence-electron chi connectivity index (χ2n) is 4.59. The molecule has 0 aromatic heterocycles. The topological polar surface area (TPSA) is 50.4 Å². The zero-order valence-electron chi connectivity index (χ0n) is 11.9. The molecule has 21 heavy (non-hydrogen) atoms. The lowest BCUT2D eigenvalue weighted by Crippen LogP contribution is -2.31. The van der Waals surface area contributed by atoms with Crippen molar-refractivity contribution in [1.29, 1.82) is 0 Å². The predicted molar refractivity (Wildman–Crippen MR) is 88.9 cm³/mol. The van der Waals surface area contributed by atoms with Gasteiger partial charge in [-0.15, -0.1) is 0 Å². The average Bonchev–Trinajstić information content (AvgIpc) is 2.48. The molecule has 2 N–H and O–H groups in total. The van der Waals surface area contributed by atoms with Crippen LogP contribution in [0.15, 0.2) is 53.0 Å². The van der Waals surface area contributed by atoms with Gasteiger partial charge in [0.25, 0.3) is 0 Å². The summed E-state index contributed by atoms with van der Waals surface area (Å²) >= 11 is 3.38. The number of rotatable bonds is 5. The maximum Gasteiger partial charge on any atom is 0.246 e. The summed E-state index contributed by atoms with van der Waals surface area (Å²) in [5.74, 6) is 0.690. The molecule has 0 aliphatic rings. The lowest BCUT2D eigenvalue weighted by atomic mass is 10.2. The number of benzene rings is 2. The highest BCUT2D eigenvalue weighted by Crippen LogP contribution is 2.18. The number of ether oxygens (including phenoxy) is 1. The van der Waals surface area contributed by atoms with Crippen molar-refractivity contribution in [2.45, 2.75) is 13.0 Å². The highest BCUT2D eigenvalue weighted by atomic mass is 79.9. The summed E-state index contributed by atoms with van der Waals surface area (Å²) in [5.41, 5.74) is 1.63. The first-order chi connectivity index (χ1) is 10.1. The van der Waals surface area contributed by atoms with E-state index in [1.807, 2.05) is 55.5 Å². The fourth-order valence-electron chi connectivity index (χ4n) is 1.82. The second-order valence-corrected chi connectivity index (χ2v) is 5.51. The van der Waals surface area contributed by atoms with Crippen LogP contribution in [0.25, 0.3) is 0 Å². The molecule has 0 bridgehead atoms.